The van der Waals surface area contributed by atoms with Crippen LogP contribution < -0.4 is 0 Å². The summed E-state index contributed by atoms with van der Waals surface area (Å²) in [4.78, 5) is 30.5. The highest BCUT2D eigenvalue weighted by molar-refractivity contribution is 8.18. The third kappa shape index (κ3) is 3.80. The van der Waals surface area contributed by atoms with E-state index in [-0.39, 0.29) is 5.91 Å². The summed E-state index contributed by atoms with van der Waals surface area (Å²) in [6.45, 7) is 0. The molecular formula is C19H16N2O3S. The number of amides is 1. The Bertz CT molecular complexity index is 858. The smallest absolute Gasteiger partial charge is 0.337 e. The number of likely N-dealkylation sites (N-methyl/N-ethyl adjacent to an activating group) is 1. The Morgan fingerprint density at radius 1 is 1.12 bits per heavy atom. The fourth-order valence-corrected chi connectivity index (χ4v) is 3.24. The summed E-state index contributed by atoms with van der Waals surface area (Å²) in [7, 11) is 3.04. The first-order valence-electron chi connectivity index (χ1n) is 7.58. The molecule has 0 N–H and O–H groups in total. The van der Waals surface area contributed by atoms with E-state index in [2.05, 4.69) is 9.73 Å². The fourth-order valence-electron chi connectivity index (χ4n) is 2.25. The first kappa shape index (κ1) is 17.0. The van der Waals surface area contributed by atoms with Crippen molar-refractivity contribution in [2.24, 2.45) is 4.99 Å². The maximum atomic E-state index is 12.4. The van der Waals surface area contributed by atoms with Crippen molar-refractivity contribution in [3.8, 4) is 0 Å². The van der Waals surface area contributed by atoms with Crippen LogP contribution in [-0.2, 0) is 9.53 Å². The van der Waals surface area contributed by atoms with E-state index in [1.165, 1.54) is 23.8 Å². The lowest BCUT2D eigenvalue weighted by atomic mass is 10.2. The summed E-state index contributed by atoms with van der Waals surface area (Å²) in [6, 6.07) is 16.4. The summed E-state index contributed by atoms with van der Waals surface area (Å²) in [5.41, 5.74) is 2.09. The van der Waals surface area contributed by atoms with Crippen molar-refractivity contribution < 1.29 is 14.3 Å². The minimum Gasteiger partial charge on any atom is -0.465 e. The molecule has 1 amide bonds. The van der Waals surface area contributed by atoms with Gasteiger partial charge in [0.2, 0.25) is 0 Å². The summed E-state index contributed by atoms with van der Waals surface area (Å²) in [5, 5.41) is 0.595. The highest BCUT2D eigenvalue weighted by Gasteiger charge is 2.30. The first-order chi connectivity index (χ1) is 12.1. The number of amidine groups is 1. The highest BCUT2D eigenvalue weighted by atomic mass is 32.2. The predicted molar refractivity (Wildman–Crippen MR) is 99.7 cm³/mol. The van der Waals surface area contributed by atoms with Crippen molar-refractivity contribution in [2.75, 3.05) is 14.2 Å². The number of benzene rings is 2. The van der Waals surface area contributed by atoms with E-state index in [0.29, 0.717) is 21.3 Å². The zero-order chi connectivity index (χ0) is 17.8. The number of methoxy groups -OCH3 is 1. The van der Waals surface area contributed by atoms with Gasteiger partial charge in [0.05, 0.1) is 23.3 Å². The number of hydrogen-bond acceptors (Lipinski definition) is 5. The van der Waals surface area contributed by atoms with Gasteiger partial charge in [0.15, 0.2) is 5.17 Å². The van der Waals surface area contributed by atoms with Gasteiger partial charge in [-0.15, -0.1) is 0 Å². The van der Waals surface area contributed by atoms with Gasteiger partial charge in [-0.25, -0.2) is 9.79 Å². The van der Waals surface area contributed by atoms with Crippen LogP contribution in [0.1, 0.15) is 15.9 Å². The molecule has 3 rings (SSSR count). The Morgan fingerprint density at radius 3 is 2.44 bits per heavy atom. The van der Waals surface area contributed by atoms with Gasteiger partial charge in [-0.3, -0.25) is 9.69 Å². The van der Waals surface area contributed by atoms with Crippen LogP contribution in [-0.4, -0.2) is 36.1 Å². The summed E-state index contributed by atoms with van der Waals surface area (Å²) in [6.07, 6.45) is 1.85. The molecule has 2 aromatic carbocycles. The Balaban J connectivity index is 1.83. The predicted octanol–water partition coefficient (Wildman–Crippen LogP) is 3.71. The summed E-state index contributed by atoms with van der Waals surface area (Å²) >= 11 is 1.33. The lowest BCUT2D eigenvalue weighted by Crippen LogP contribution is -2.23. The third-order valence-corrected chi connectivity index (χ3v) is 4.67. The number of ether oxygens (including phenoxy) is 1. The van der Waals surface area contributed by atoms with Gasteiger partial charge in [0.25, 0.3) is 5.91 Å². The van der Waals surface area contributed by atoms with Crippen molar-refractivity contribution in [1.29, 1.82) is 0 Å². The number of esters is 1. The summed E-state index contributed by atoms with van der Waals surface area (Å²) < 4.78 is 4.67. The molecule has 0 aliphatic carbocycles. The normalized spacial score (nSPS) is 17.4. The van der Waals surface area contributed by atoms with Crippen molar-refractivity contribution in [2.45, 2.75) is 0 Å². The average Bonchev–Trinajstić information content (AvgIpc) is 2.90. The molecular weight excluding hydrogens is 336 g/mol. The second-order valence-corrected chi connectivity index (χ2v) is 6.33. The Morgan fingerprint density at radius 2 is 1.80 bits per heavy atom. The van der Waals surface area contributed by atoms with Crippen LogP contribution in [0.15, 0.2) is 64.5 Å². The third-order valence-electron chi connectivity index (χ3n) is 3.61. The molecule has 1 heterocycles. The average molecular weight is 352 g/mol. The number of thioether (sulfide) groups is 1. The van der Waals surface area contributed by atoms with E-state index >= 15 is 0 Å². The molecule has 0 bridgehead atoms. The van der Waals surface area contributed by atoms with Crippen LogP contribution in [0.4, 0.5) is 5.69 Å². The quantitative estimate of drug-likeness (QED) is 0.624. The van der Waals surface area contributed by atoms with Crippen molar-refractivity contribution in [3.63, 3.8) is 0 Å². The molecule has 5 nitrogen and oxygen atoms in total. The van der Waals surface area contributed by atoms with Gasteiger partial charge in [-0.2, -0.15) is 0 Å². The number of nitrogens with zero attached hydrogens (tertiary/aromatic N) is 2. The molecule has 126 valence electrons. The lowest BCUT2D eigenvalue weighted by molar-refractivity contribution is -0.121. The van der Waals surface area contributed by atoms with Gasteiger partial charge in [-0.1, -0.05) is 30.3 Å². The van der Waals surface area contributed by atoms with E-state index in [4.69, 9.17) is 0 Å². The molecule has 0 radical (unpaired) electrons. The second-order valence-electron chi connectivity index (χ2n) is 5.32. The van der Waals surface area contributed by atoms with Crippen LogP contribution >= 0.6 is 11.8 Å². The first-order valence-corrected chi connectivity index (χ1v) is 8.40. The van der Waals surface area contributed by atoms with E-state index in [1.54, 1.807) is 31.3 Å². The Labute approximate surface area is 150 Å². The van der Waals surface area contributed by atoms with E-state index in [0.717, 1.165) is 5.56 Å². The highest BCUT2D eigenvalue weighted by Crippen LogP contribution is 2.33. The molecule has 1 saturated heterocycles. The van der Waals surface area contributed by atoms with Crippen LogP contribution in [0.5, 0.6) is 0 Å². The van der Waals surface area contributed by atoms with Crippen LogP contribution in [0.25, 0.3) is 6.08 Å². The van der Waals surface area contributed by atoms with E-state index in [9.17, 15) is 9.59 Å². The van der Waals surface area contributed by atoms with Crippen molar-refractivity contribution in [3.05, 3.63) is 70.6 Å². The van der Waals surface area contributed by atoms with Gasteiger partial charge >= 0.3 is 5.97 Å². The number of aliphatic imine (C=N–C) groups is 1. The lowest BCUT2D eigenvalue weighted by Gasteiger charge is -2.07. The van der Waals surface area contributed by atoms with Gasteiger partial charge in [-0.05, 0) is 47.7 Å². The number of carbonyl (C=O) groups excluding carboxylic acids is 2. The minimum atomic E-state index is -0.394. The molecule has 1 aliphatic heterocycles. The molecule has 0 aromatic heterocycles. The second kappa shape index (κ2) is 7.36. The van der Waals surface area contributed by atoms with Gasteiger partial charge < -0.3 is 4.74 Å². The van der Waals surface area contributed by atoms with E-state index in [1.807, 2.05) is 36.4 Å². The van der Waals surface area contributed by atoms with Crippen LogP contribution in [0.3, 0.4) is 0 Å². The molecule has 2 aromatic rings. The summed E-state index contributed by atoms with van der Waals surface area (Å²) in [5.74, 6) is -0.478. The molecule has 1 fully saturated rings. The number of hydrogen-bond donors (Lipinski definition) is 0. The molecule has 1 aliphatic rings. The van der Waals surface area contributed by atoms with Crippen molar-refractivity contribution >= 4 is 40.6 Å². The van der Waals surface area contributed by atoms with E-state index < -0.39 is 5.97 Å². The SMILES string of the molecule is COC(=O)c1ccc(N=C2SC(=Cc3ccccc3)C(=O)N2C)cc1. The van der Waals surface area contributed by atoms with Gasteiger partial charge in [0, 0.05) is 7.05 Å². The minimum absolute atomic E-state index is 0.0845. The topological polar surface area (TPSA) is 59.0 Å². The fraction of sp³-hybridized carbons (Fsp3) is 0.105. The molecule has 6 heteroatoms. The molecule has 0 saturated carbocycles. The maximum absolute atomic E-state index is 12.4. The molecule has 0 spiro atoms. The largest absolute Gasteiger partial charge is 0.465 e. The van der Waals surface area contributed by atoms with Crippen molar-refractivity contribution in [1.82, 2.24) is 4.90 Å². The number of rotatable bonds is 3. The Hall–Kier alpha value is -2.86. The number of carbonyl (C=O) groups is 2. The molecule has 0 unspecified atom stereocenters. The van der Waals surface area contributed by atoms with Crippen LogP contribution in [0, 0.1) is 0 Å². The zero-order valence-corrected chi connectivity index (χ0v) is 14.6. The molecule has 25 heavy (non-hydrogen) atoms. The monoisotopic (exact) mass is 352 g/mol. The van der Waals surface area contributed by atoms with Gasteiger partial charge in [0.1, 0.15) is 0 Å². The maximum Gasteiger partial charge on any atom is 0.337 e. The Kier molecular flexibility index (Phi) is 5.00. The zero-order valence-electron chi connectivity index (χ0n) is 13.8. The molecule has 0 atom stereocenters. The van der Waals surface area contributed by atoms with Crippen LogP contribution in [0.2, 0.25) is 0 Å². The standard InChI is InChI=1S/C19H16N2O3S/c1-21-17(22)16(12-13-6-4-3-5-7-13)25-19(21)20-15-10-8-14(9-11-15)18(23)24-2/h3-12H,1-2H3.